The van der Waals surface area contributed by atoms with Crippen molar-refractivity contribution in [1.82, 2.24) is 4.90 Å². The van der Waals surface area contributed by atoms with E-state index in [-0.39, 0.29) is 24.0 Å². The molecule has 1 aromatic carbocycles. The normalized spacial score (nSPS) is 27.6. The van der Waals surface area contributed by atoms with E-state index in [1.54, 1.807) is 32.4 Å². The van der Waals surface area contributed by atoms with Gasteiger partial charge in [-0.3, -0.25) is 4.79 Å². The molecule has 5 heteroatoms. The van der Waals surface area contributed by atoms with E-state index in [1.807, 2.05) is 4.90 Å². The zero-order chi connectivity index (χ0) is 15.0. The second-order valence-electron chi connectivity index (χ2n) is 5.90. The van der Waals surface area contributed by atoms with Gasteiger partial charge in [-0.2, -0.15) is 0 Å². The molecule has 0 spiro atoms. The Balaban J connectivity index is 1.89. The summed E-state index contributed by atoms with van der Waals surface area (Å²) < 4.78 is 10.5. The molecule has 0 saturated carbocycles. The smallest absolute Gasteiger partial charge is 0.258 e. The highest BCUT2D eigenvalue weighted by molar-refractivity contribution is 5.97. The number of carbonyl (C=O) groups excluding carboxylic acids is 1. The summed E-state index contributed by atoms with van der Waals surface area (Å²) in [5.41, 5.74) is 6.67. The lowest BCUT2D eigenvalue weighted by molar-refractivity contribution is 0.0572. The Bertz CT molecular complexity index is 532. The van der Waals surface area contributed by atoms with Crippen LogP contribution in [0.1, 0.15) is 36.0 Å². The monoisotopic (exact) mass is 290 g/mol. The minimum atomic E-state index is 0.0499. The van der Waals surface area contributed by atoms with Gasteiger partial charge < -0.3 is 20.1 Å². The van der Waals surface area contributed by atoms with Gasteiger partial charge in [0.15, 0.2) is 0 Å². The molecule has 0 aliphatic carbocycles. The Hall–Kier alpha value is -1.75. The fourth-order valence-electron chi connectivity index (χ4n) is 3.67. The van der Waals surface area contributed by atoms with Crippen molar-refractivity contribution in [3.8, 4) is 11.5 Å². The third-order valence-corrected chi connectivity index (χ3v) is 4.64. The number of amides is 1. The Morgan fingerprint density at radius 3 is 2.43 bits per heavy atom. The van der Waals surface area contributed by atoms with Crippen LogP contribution >= 0.6 is 0 Å². The van der Waals surface area contributed by atoms with Crippen molar-refractivity contribution in [2.45, 2.75) is 43.8 Å². The van der Waals surface area contributed by atoms with E-state index in [4.69, 9.17) is 15.2 Å². The van der Waals surface area contributed by atoms with E-state index < -0.39 is 0 Å². The maximum Gasteiger partial charge on any atom is 0.258 e. The number of hydrogen-bond acceptors (Lipinski definition) is 4. The van der Waals surface area contributed by atoms with Gasteiger partial charge in [-0.15, -0.1) is 0 Å². The molecule has 2 bridgehead atoms. The van der Waals surface area contributed by atoms with Crippen LogP contribution in [0.5, 0.6) is 11.5 Å². The summed E-state index contributed by atoms with van der Waals surface area (Å²) in [4.78, 5) is 14.9. The number of benzene rings is 1. The van der Waals surface area contributed by atoms with Gasteiger partial charge in [-0.1, -0.05) is 0 Å². The van der Waals surface area contributed by atoms with Crippen molar-refractivity contribution < 1.29 is 14.3 Å². The molecule has 3 rings (SSSR count). The number of nitrogens with zero attached hydrogens (tertiary/aromatic N) is 1. The first-order valence-electron chi connectivity index (χ1n) is 7.44. The Morgan fingerprint density at radius 2 is 1.86 bits per heavy atom. The summed E-state index contributed by atoms with van der Waals surface area (Å²) in [6, 6.07) is 6.12. The van der Waals surface area contributed by atoms with Gasteiger partial charge in [0.1, 0.15) is 11.5 Å². The van der Waals surface area contributed by atoms with Crippen molar-refractivity contribution in [3.05, 3.63) is 23.8 Å². The molecule has 2 aliphatic heterocycles. The molecule has 2 atom stereocenters. The molecule has 2 aliphatic rings. The average molecular weight is 290 g/mol. The third kappa shape index (κ3) is 2.46. The lowest BCUT2D eigenvalue weighted by atomic mass is 9.97. The van der Waals surface area contributed by atoms with E-state index >= 15 is 0 Å². The molecule has 114 valence electrons. The minimum absolute atomic E-state index is 0.0499. The number of ether oxygens (including phenoxy) is 2. The van der Waals surface area contributed by atoms with E-state index in [1.165, 1.54) is 0 Å². The highest BCUT2D eigenvalue weighted by Gasteiger charge is 2.42. The molecule has 5 nitrogen and oxygen atoms in total. The van der Waals surface area contributed by atoms with Crippen LogP contribution in [0.2, 0.25) is 0 Å². The minimum Gasteiger partial charge on any atom is -0.497 e. The van der Waals surface area contributed by atoms with Gasteiger partial charge >= 0.3 is 0 Å². The number of rotatable bonds is 3. The van der Waals surface area contributed by atoms with E-state index in [9.17, 15) is 4.79 Å². The molecule has 2 N–H and O–H groups in total. The van der Waals surface area contributed by atoms with Crippen LogP contribution in [0.15, 0.2) is 18.2 Å². The van der Waals surface area contributed by atoms with E-state index in [0.29, 0.717) is 17.1 Å². The number of fused-ring (bicyclic) bond motifs is 2. The predicted molar refractivity (Wildman–Crippen MR) is 79.7 cm³/mol. The number of hydrogen-bond donors (Lipinski definition) is 1. The Morgan fingerprint density at radius 1 is 1.19 bits per heavy atom. The molecule has 1 aromatic rings. The molecule has 2 heterocycles. The fourth-order valence-corrected chi connectivity index (χ4v) is 3.67. The highest BCUT2D eigenvalue weighted by Crippen LogP contribution is 2.37. The molecule has 1 amide bonds. The molecule has 0 aromatic heterocycles. The molecular formula is C16H22N2O3. The highest BCUT2D eigenvalue weighted by atomic mass is 16.5. The maximum atomic E-state index is 12.9. The summed E-state index contributed by atoms with van der Waals surface area (Å²) >= 11 is 0. The summed E-state index contributed by atoms with van der Waals surface area (Å²) in [7, 11) is 3.18. The lowest BCUT2D eigenvalue weighted by Crippen LogP contribution is -2.50. The maximum absolute atomic E-state index is 12.9. The van der Waals surface area contributed by atoms with Crippen LogP contribution in [0.4, 0.5) is 0 Å². The first kappa shape index (κ1) is 14.2. The Kier molecular flexibility index (Phi) is 3.76. The van der Waals surface area contributed by atoms with Gasteiger partial charge in [-0.05, 0) is 37.8 Å². The summed E-state index contributed by atoms with van der Waals surface area (Å²) in [5.74, 6) is 1.30. The van der Waals surface area contributed by atoms with Crippen molar-refractivity contribution >= 4 is 5.91 Å². The summed E-state index contributed by atoms with van der Waals surface area (Å²) in [6.07, 6.45) is 3.92. The van der Waals surface area contributed by atoms with Crippen molar-refractivity contribution in [2.75, 3.05) is 14.2 Å². The zero-order valence-corrected chi connectivity index (χ0v) is 12.5. The van der Waals surface area contributed by atoms with Crippen LogP contribution in [-0.4, -0.2) is 43.2 Å². The van der Waals surface area contributed by atoms with Gasteiger partial charge in [0, 0.05) is 24.2 Å². The molecule has 0 radical (unpaired) electrons. The standard InChI is InChI=1S/C16H22N2O3/c1-20-13-5-6-14(15(9-13)21-2)16(19)18-11-3-4-12(18)8-10(17)7-11/h5-6,9-12H,3-4,7-8,17H2,1-2H3. The van der Waals surface area contributed by atoms with Crippen molar-refractivity contribution in [1.29, 1.82) is 0 Å². The molecule has 2 fully saturated rings. The van der Waals surface area contributed by atoms with Crippen LogP contribution in [0.25, 0.3) is 0 Å². The second-order valence-corrected chi connectivity index (χ2v) is 5.90. The second kappa shape index (κ2) is 5.56. The van der Waals surface area contributed by atoms with Crippen molar-refractivity contribution in [2.24, 2.45) is 5.73 Å². The summed E-state index contributed by atoms with van der Waals surface area (Å²) in [6.45, 7) is 0. The quantitative estimate of drug-likeness (QED) is 0.922. The summed E-state index contributed by atoms with van der Waals surface area (Å²) in [5, 5.41) is 0. The molecule has 21 heavy (non-hydrogen) atoms. The number of piperidine rings is 1. The van der Waals surface area contributed by atoms with Crippen LogP contribution in [0, 0.1) is 0 Å². The van der Waals surface area contributed by atoms with Gasteiger partial charge in [0.05, 0.1) is 19.8 Å². The first-order valence-corrected chi connectivity index (χ1v) is 7.44. The molecule has 2 saturated heterocycles. The average Bonchev–Trinajstić information content (AvgIpc) is 2.77. The first-order chi connectivity index (χ1) is 10.1. The number of methoxy groups -OCH3 is 2. The number of nitrogens with two attached hydrogens (primary N) is 1. The van der Waals surface area contributed by atoms with Gasteiger partial charge in [0.2, 0.25) is 0 Å². The third-order valence-electron chi connectivity index (χ3n) is 4.64. The predicted octanol–water partition coefficient (Wildman–Crippen LogP) is 1.80. The largest absolute Gasteiger partial charge is 0.497 e. The Labute approximate surface area is 125 Å². The van der Waals surface area contributed by atoms with Crippen LogP contribution in [-0.2, 0) is 0 Å². The van der Waals surface area contributed by atoms with E-state index in [0.717, 1.165) is 25.7 Å². The van der Waals surface area contributed by atoms with Gasteiger partial charge in [0.25, 0.3) is 5.91 Å². The zero-order valence-electron chi connectivity index (χ0n) is 12.5. The van der Waals surface area contributed by atoms with Gasteiger partial charge in [-0.25, -0.2) is 0 Å². The number of carbonyl (C=O) groups is 1. The van der Waals surface area contributed by atoms with Crippen LogP contribution in [0.3, 0.4) is 0 Å². The topological polar surface area (TPSA) is 64.8 Å². The van der Waals surface area contributed by atoms with Crippen molar-refractivity contribution in [3.63, 3.8) is 0 Å². The molecule has 2 unspecified atom stereocenters. The SMILES string of the molecule is COc1ccc(C(=O)N2C3CCC2CC(N)C3)c(OC)c1. The van der Waals surface area contributed by atoms with Crippen LogP contribution < -0.4 is 15.2 Å². The lowest BCUT2D eigenvalue weighted by Gasteiger charge is -2.38. The van der Waals surface area contributed by atoms with E-state index in [2.05, 4.69) is 0 Å². The molecular weight excluding hydrogens is 268 g/mol. The fraction of sp³-hybridized carbons (Fsp3) is 0.562.